The van der Waals surface area contributed by atoms with Gasteiger partial charge in [-0.1, -0.05) is 20.8 Å². The first-order valence-electron chi connectivity index (χ1n) is 6.19. The molecule has 1 heterocycles. The molecule has 0 aliphatic rings. The van der Waals surface area contributed by atoms with E-state index in [1.807, 2.05) is 11.8 Å². The van der Waals surface area contributed by atoms with E-state index in [-0.39, 0.29) is 0 Å². The lowest BCUT2D eigenvalue weighted by Gasteiger charge is -2.11. The van der Waals surface area contributed by atoms with Crippen molar-refractivity contribution in [1.29, 1.82) is 0 Å². The van der Waals surface area contributed by atoms with Crippen molar-refractivity contribution in [3.8, 4) is 0 Å². The number of rotatable bonds is 8. The number of aryl methyl sites for hydroxylation is 1. The van der Waals surface area contributed by atoms with E-state index in [4.69, 9.17) is 0 Å². The van der Waals surface area contributed by atoms with Crippen LogP contribution in [0, 0.1) is 0 Å². The molecule has 1 N–H and O–H groups in total. The Morgan fingerprint density at radius 3 is 2.94 bits per heavy atom. The van der Waals surface area contributed by atoms with Crippen molar-refractivity contribution in [1.82, 2.24) is 9.88 Å². The van der Waals surface area contributed by atoms with Gasteiger partial charge in [-0.2, -0.15) is 11.8 Å². The van der Waals surface area contributed by atoms with Gasteiger partial charge in [-0.25, -0.2) is 0 Å². The van der Waals surface area contributed by atoms with Crippen LogP contribution in [0.5, 0.6) is 0 Å². The van der Waals surface area contributed by atoms with Gasteiger partial charge in [0.1, 0.15) is 0 Å². The maximum Gasteiger partial charge on any atom is 0.0361 e. The van der Waals surface area contributed by atoms with E-state index < -0.39 is 0 Å². The highest BCUT2D eigenvalue weighted by Gasteiger charge is 2.01. The molecule has 1 rings (SSSR count). The monoisotopic (exact) mass is 240 g/mol. The molecule has 0 bridgehead atoms. The summed E-state index contributed by atoms with van der Waals surface area (Å²) in [6, 6.07) is 4.91. The molecule has 3 heteroatoms. The number of aromatic nitrogens is 1. The summed E-state index contributed by atoms with van der Waals surface area (Å²) < 4.78 is 2.37. The van der Waals surface area contributed by atoms with Crippen molar-refractivity contribution in [3.05, 3.63) is 24.0 Å². The van der Waals surface area contributed by atoms with Gasteiger partial charge in [0, 0.05) is 31.0 Å². The molecule has 0 aliphatic heterocycles. The molecule has 2 nitrogen and oxygen atoms in total. The van der Waals surface area contributed by atoms with Gasteiger partial charge in [0.05, 0.1) is 0 Å². The average Bonchev–Trinajstić information content (AvgIpc) is 2.69. The number of hydrogen-bond donors (Lipinski definition) is 1. The highest BCUT2D eigenvalue weighted by molar-refractivity contribution is 7.99. The van der Waals surface area contributed by atoms with Gasteiger partial charge < -0.3 is 9.88 Å². The number of thioether (sulfide) groups is 1. The first-order chi connectivity index (χ1) is 7.74. The zero-order valence-electron chi connectivity index (χ0n) is 10.7. The Kier molecular flexibility index (Phi) is 6.65. The van der Waals surface area contributed by atoms with Crippen LogP contribution < -0.4 is 5.32 Å². The van der Waals surface area contributed by atoms with E-state index in [1.54, 1.807) is 0 Å². The van der Waals surface area contributed by atoms with Crippen LogP contribution in [0.2, 0.25) is 0 Å². The van der Waals surface area contributed by atoms with Crippen LogP contribution in [-0.2, 0) is 13.1 Å². The molecule has 1 aromatic heterocycles. The van der Waals surface area contributed by atoms with Gasteiger partial charge in [0.2, 0.25) is 0 Å². The summed E-state index contributed by atoms with van der Waals surface area (Å²) in [6.45, 7) is 8.72. The van der Waals surface area contributed by atoms with Crippen molar-refractivity contribution in [2.24, 2.45) is 0 Å². The number of hydrogen-bond acceptors (Lipinski definition) is 2. The summed E-state index contributed by atoms with van der Waals surface area (Å²) in [5, 5.41) is 3.46. The smallest absolute Gasteiger partial charge is 0.0361 e. The number of nitrogens with zero attached hydrogens (tertiary/aromatic N) is 1. The quantitative estimate of drug-likeness (QED) is 0.703. The lowest BCUT2D eigenvalue weighted by molar-refractivity contribution is 0.552. The van der Waals surface area contributed by atoms with Crippen LogP contribution in [0.15, 0.2) is 18.3 Å². The van der Waals surface area contributed by atoms with Crippen LogP contribution in [0.4, 0.5) is 0 Å². The Hall–Kier alpha value is -0.410. The van der Waals surface area contributed by atoms with Gasteiger partial charge in [0.15, 0.2) is 0 Å². The molecule has 92 valence electrons. The van der Waals surface area contributed by atoms with E-state index >= 15 is 0 Å². The Bertz CT molecular complexity index is 281. The standard InChI is InChI=1S/C13H24N2S/c1-4-16-10-6-9-15-8-5-7-13(15)11-14-12(2)3/h5,7-8,12,14H,4,6,9-11H2,1-3H3. The summed E-state index contributed by atoms with van der Waals surface area (Å²) in [5.74, 6) is 2.50. The van der Waals surface area contributed by atoms with Crippen LogP contribution >= 0.6 is 11.8 Å². The van der Waals surface area contributed by atoms with Gasteiger partial charge >= 0.3 is 0 Å². The third-order valence-electron chi connectivity index (χ3n) is 2.51. The fourth-order valence-corrected chi connectivity index (χ4v) is 2.24. The van der Waals surface area contributed by atoms with Crippen molar-refractivity contribution in [2.45, 2.75) is 46.3 Å². The molecule has 0 aromatic carbocycles. The maximum absolute atomic E-state index is 3.46. The Morgan fingerprint density at radius 2 is 2.25 bits per heavy atom. The van der Waals surface area contributed by atoms with E-state index in [2.05, 4.69) is 49.0 Å². The summed E-state index contributed by atoms with van der Waals surface area (Å²) in [5.41, 5.74) is 1.40. The summed E-state index contributed by atoms with van der Waals surface area (Å²) >= 11 is 2.03. The lowest BCUT2D eigenvalue weighted by atomic mass is 10.3. The van der Waals surface area contributed by atoms with Crippen LogP contribution in [0.3, 0.4) is 0 Å². The fourth-order valence-electron chi connectivity index (χ4n) is 1.62. The summed E-state index contributed by atoms with van der Waals surface area (Å²) in [7, 11) is 0. The van der Waals surface area contributed by atoms with E-state index in [0.29, 0.717) is 6.04 Å². The van der Waals surface area contributed by atoms with E-state index in [1.165, 1.54) is 23.6 Å². The van der Waals surface area contributed by atoms with Crippen LogP contribution in [0.25, 0.3) is 0 Å². The predicted octanol–water partition coefficient (Wildman–Crippen LogP) is 3.13. The molecule has 0 spiro atoms. The predicted molar refractivity (Wildman–Crippen MR) is 74.0 cm³/mol. The van der Waals surface area contributed by atoms with Gasteiger partial charge in [-0.05, 0) is 30.1 Å². The molecule has 16 heavy (non-hydrogen) atoms. The Balaban J connectivity index is 2.32. The van der Waals surface area contributed by atoms with E-state index in [0.717, 1.165) is 13.1 Å². The molecular formula is C13H24N2S. The Morgan fingerprint density at radius 1 is 1.44 bits per heavy atom. The molecule has 0 amide bonds. The summed E-state index contributed by atoms with van der Waals surface area (Å²) in [6.07, 6.45) is 3.45. The SMILES string of the molecule is CCSCCCn1cccc1CNC(C)C. The normalized spacial score (nSPS) is 11.2. The highest BCUT2D eigenvalue weighted by Crippen LogP contribution is 2.07. The molecule has 1 aromatic rings. The minimum atomic E-state index is 0.555. The molecule has 0 unspecified atom stereocenters. The van der Waals surface area contributed by atoms with Crippen molar-refractivity contribution in [3.63, 3.8) is 0 Å². The minimum Gasteiger partial charge on any atom is -0.350 e. The molecule has 0 fully saturated rings. The van der Waals surface area contributed by atoms with Gasteiger partial charge in [0.25, 0.3) is 0 Å². The highest BCUT2D eigenvalue weighted by atomic mass is 32.2. The third-order valence-corrected chi connectivity index (χ3v) is 3.49. The van der Waals surface area contributed by atoms with Crippen molar-refractivity contribution >= 4 is 11.8 Å². The molecule has 0 aliphatic carbocycles. The minimum absolute atomic E-state index is 0.555. The first-order valence-corrected chi connectivity index (χ1v) is 7.34. The van der Waals surface area contributed by atoms with Crippen molar-refractivity contribution < 1.29 is 0 Å². The zero-order valence-corrected chi connectivity index (χ0v) is 11.5. The lowest BCUT2D eigenvalue weighted by Crippen LogP contribution is -2.23. The first kappa shape index (κ1) is 13.7. The maximum atomic E-state index is 3.46. The Labute approximate surface area is 104 Å². The molecule has 0 saturated heterocycles. The zero-order chi connectivity index (χ0) is 11.8. The second-order valence-electron chi connectivity index (χ2n) is 4.28. The average molecular weight is 240 g/mol. The second kappa shape index (κ2) is 7.80. The fraction of sp³-hybridized carbons (Fsp3) is 0.692. The summed E-state index contributed by atoms with van der Waals surface area (Å²) in [4.78, 5) is 0. The second-order valence-corrected chi connectivity index (χ2v) is 5.67. The molecule has 0 atom stereocenters. The molecular weight excluding hydrogens is 216 g/mol. The molecule has 0 radical (unpaired) electrons. The topological polar surface area (TPSA) is 17.0 Å². The van der Waals surface area contributed by atoms with E-state index in [9.17, 15) is 0 Å². The third kappa shape index (κ3) is 5.08. The molecule has 0 saturated carbocycles. The van der Waals surface area contributed by atoms with Crippen LogP contribution in [-0.4, -0.2) is 22.1 Å². The van der Waals surface area contributed by atoms with Crippen LogP contribution in [0.1, 0.15) is 32.9 Å². The number of nitrogens with one attached hydrogen (secondary N) is 1. The van der Waals surface area contributed by atoms with Gasteiger partial charge in [-0.3, -0.25) is 0 Å². The van der Waals surface area contributed by atoms with Gasteiger partial charge in [-0.15, -0.1) is 0 Å². The largest absolute Gasteiger partial charge is 0.350 e. The van der Waals surface area contributed by atoms with Crippen molar-refractivity contribution in [2.75, 3.05) is 11.5 Å².